The predicted molar refractivity (Wildman–Crippen MR) is 71.3 cm³/mol. The van der Waals surface area contributed by atoms with E-state index in [4.69, 9.17) is 0 Å². The van der Waals surface area contributed by atoms with Gasteiger partial charge in [-0.2, -0.15) is 0 Å². The Balaban J connectivity index is 2.11. The number of halogens is 1. The minimum Gasteiger partial charge on any atom is -0.307 e. The van der Waals surface area contributed by atoms with E-state index in [9.17, 15) is 4.79 Å². The van der Waals surface area contributed by atoms with Crippen LogP contribution in [0.4, 0.5) is 5.82 Å². The summed E-state index contributed by atoms with van der Waals surface area (Å²) in [5, 5.41) is 2.73. The van der Waals surface area contributed by atoms with Crippen molar-refractivity contribution in [1.82, 2.24) is 4.98 Å². The first-order valence-corrected chi connectivity index (χ1v) is 5.81. The number of carbonyl (C=O) groups excluding carboxylic acids is 1. The Morgan fingerprint density at radius 2 is 1.88 bits per heavy atom. The number of nitrogens with one attached hydrogen (secondary N) is 1. The summed E-state index contributed by atoms with van der Waals surface area (Å²) in [6.07, 6.45) is 1.71. The monoisotopic (exact) mass is 324 g/mol. The van der Waals surface area contributed by atoms with Gasteiger partial charge in [-0.25, -0.2) is 4.98 Å². The van der Waals surface area contributed by atoms with E-state index in [1.54, 1.807) is 24.4 Å². The summed E-state index contributed by atoms with van der Waals surface area (Å²) in [5.74, 6) is 0.420. The minimum atomic E-state index is -0.144. The third kappa shape index (κ3) is 2.79. The van der Waals surface area contributed by atoms with E-state index in [0.717, 1.165) is 3.57 Å². The molecule has 0 unspecified atom stereocenters. The Labute approximate surface area is 107 Å². The zero-order valence-electron chi connectivity index (χ0n) is 8.35. The second-order valence-corrected chi connectivity index (χ2v) is 4.43. The number of hydrogen-bond acceptors (Lipinski definition) is 2. The SMILES string of the molecule is O=C(Nc1ccc(I)cn1)c1ccccc1. The largest absolute Gasteiger partial charge is 0.307 e. The molecule has 0 saturated heterocycles. The van der Waals surface area contributed by atoms with Crippen molar-refractivity contribution in [3.63, 3.8) is 0 Å². The quantitative estimate of drug-likeness (QED) is 0.863. The van der Waals surface area contributed by atoms with Gasteiger partial charge in [-0.15, -0.1) is 0 Å². The molecule has 0 saturated carbocycles. The van der Waals surface area contributed by atoms with Crippen molar-refractivity contribution < 1.29 is 4.79 Å². The number of pyridine rings is 1. The third-order valence-electron chi connectivity index (χ3n) is 2.00. The van der Waals surface area contributed by atoms with E-state index in [2.05, 4.69) is 32.9 Å². The van der Waals surface area contributed by atoms with E-state index < -0.39 is 0 Å². The molecule has 0 aliphatic rings. The van der Waals surface area contributed by atoms with Crippen LogP contribution in [0.1, 0.15) is 10.4 Å². The Morgan fingerprint density at radius 3 is 2.50 bits per heavy atom. The highest BCUT2D eigenvalue weighted by atomic mass is 127. The van der Waals surface area contributed by atoms with Crippen LogP contribution in [0.2, 0.25) is 0 Å². The van der Waals surface area contributed by atoms with Crippen molar-refractivity contribution in [2.45, 2.75) is 0 Å². The van der Waals surface area contributed by atoms with Gasteiger partial charge in [-0.05, 0) is 46.9 Å². The van der Waals surface area contributed by atoms with Crippen LogP contribution in [-0.4, -0.2) is 10.9 Å². The van der Waals surface area contributed by atoms with Gasteiger partial charge in [-0.3, -0.25) is 4.79 Å². The molecule has 0 radical (unpaired) electrons. The third-order valence-corrected chi connectivity index (χ3v) is 2.64. The molecule has 2 aromatic rings. The van der Waals surface area contributed by atoms with Gasteiger partial charge >= 0.3 is 0 Å². The minimum absolute atomic E-state index is 0.144. The van der Waals surface area contributed by atoms with Crippen molar-refractivity contribution >= 4 is 34.3 Å². The molecule has 0 bridgehead atoms. The number of aromatic nitrogens is 1. The van der Waals surface area contributed by atoms with E-state index in [0.29, 0.717) is 11.4 Å². The lowest BCUT2D eigenvalue weighted by Gasteiger charge is -2.03. The van der Waals surface area contributed by atoms with Crippen LogP contribution in [-0.2, 0) is 0 Å². The normalized spacial score (nSPS) is 9.81. The van der Waals surface area contributed by atoms with Crippen molar-refractivity contribution in [1.29, 1.82) is 0 Å². The standard InChI is InChI=1S/C12H9IN2O/c13-10-6-7-11(14-8-10)15-12(16)9-4-2-1-3-5-9/h1-8H,(H,14,15,16). The topological polar surface area (TPSA) is 42.0 Å². The van der Waals surface area contributed by atoms with Crippen LogP contribution in [0.5, 0.6) is 0 Å². The average Bonchev–Trinajstić information content (AvgIpc) is 2.33. The summed E-state index contributed by atoms with van der Waals surface area (Å²) in [6.45, 7) is 0. The molecule has 1 aromatic carbocycles. The van der Waals surface area contributed by atoms with E-state index in [1.165, 1.54) is 0 Å². The lowest BCUT2D eigenvalue weighted by atomic mass is 10.2. The fourth-order valence-corrected chi connectivity index (χ4v) is 1.55. The van der Waals surface area contributed by atoms with E-state index in [1.807, 2.05) is 24.3 Å². The Bertz CT molecular complexity index is 482. The summed E-state index contributed by atoms with van der Waals surface area (Å²) >= 11 is 2.17. The average molecular weight is 324 g/mol. The van der Waals surface area contributed by atoms with Gasteiger partial charge < -0.3 is 5.32 Å². The maximum Gasteiger partial charge on any atom is 0.256 e. The molecular formula is C12H9IN2O. The number of benzene rings is 1. The Kier molecular flexibility index (Phi) is 3.51. The Hall–Kier alpha value is -1.43. The number of hydrogen-bond donors (Lipinski definition) is 1. The van der Waals surface area contributed by atoms with Crippen molar-refractivity contribution in [3.8, 4) is 0 Å². The molecular weight excluding hydrogens is 315 g/mol. The first-order valence-electron chi connectivity index (χ1n) is 4.73. The molecule has 0 aliphatic carbocycles. The van der Waals surface area contributed by atoms with Crippen molar-refractivity contribution in [2.24, 2.45) is 0 Å². The molecule has 2 rings (SSSR count). The molecule has 0 spiro atoms. The van der Waals surface area contributed by atoms with Crippen molar-refractivity contribution in [2.75, 3.05) is 5.32 Å². The first kappa shape index (κ1) is 11.1. The summed E-state index contributed by atoms with van der Waals surface area (Å²) in [5.41, 5.74) is 0.628. The van der Waals surface area contributed by atoms with Crippen LogP contribution >= 0.6 is 22.6 Å². The van der Waals surface area contributed by atoms with Gasteiger partial charge in [0.25, 0.3) is 5.91 Å². The highest BCUT2D eigenvalue weighted by Crippen LogP contribution is 2.08. The fourth-order valence-electron chi connectivity index (χ4n) is 1.23. The molecule has 1 heterocycles. The molecule has 0 aliphatic heterocycles. The van der Waals surface area contributed by atoms with Crippen LogP contribution in [0.3, 0.4) is 0 Å². The molecule has 1 aromatic heterocycles. The second kappa shape index (κ2) is 5.07. The van der Waals surface area contributed by atoms with E-state index in [-0.39, 0.29) is 5.91 Å². The maximum absolute atomic E-state index is 11.7. The zero-order valence-corrected chi connectivity index (χ0v) is 10.5. The molecule has 80 valence electrons. The van der Waals surface area contributed by atoms with Crippen LogP contribution in [0.15, 0.2) is 48.7 Å². The molecule has 1 N–H and O–H groups in total. The number of anilines is 1. The molecule has 3 nitrogen and oxygen atoms in total. The summed E-state index contributed by atoms with van der Waals surface area (Å²) < 4.78 is 1.04. The molecule has 0 atom stereocenters. The number of nitrogens with zero attached hydrogens (tertiary/aromatic N) is 1. The molecule has 16 heavy (non-hydrogen) atoms. The van der Waals surface area contributed by atoms with Gasteiger partial charge in [0, 0.05) is 15.3 Å². The molecule has 0 fully saturated rings. The fraction of sp³-hybridized carbons (Fsp3) is 0. The van der Waals surface area contributed by atoms with Gasteiger partial charge in [0.2, 0.25) is 0 Å². The highest BCUT2D eigenvalue weighted by molar-refractivity contribution is 14.1. The number of amides is 1. The van der Waals surface area contributed by atoms with Crippen molar-refractivity contribution in [3.05, 3.63) is 57.8 Å². The highest BCUT2D eigenvalue weighted by Gasteiger charge is 2.04. The van der Waals surface area contributed by atoms with Gasteiger partial charge in [0.15, 0.2) is 0 Å². The lowest BCUT2D eigenvalue weighted by molar-refractivity contribution is 0.102. The molecule has 4 heteroatoms. The number of rotatable bonds is 2. The smallest absolute Gasteiger partial charge is 0.256 e. The van der Waals surface area contributed by atoms with E-state index >= 15 is 0 Å². The van der Waals surface area contributed by atoms with Crippen LogP contribution in [0, 0.1) is 3.57 Å². The summed E-state index contributed by atoms with van der Waals surface area (Å²) in [6, 6.07) is 12.7. The van der Waals surface area contributed by atoms with Crippen LogP contribution < -0.4 is 5.32 Å². The maximum atomic E-state index is 11.7. The molecule has 1 amide bonds. The van der Waals surface area contributed by atoms with Gasteiger partial charge in [0.1, 0.15) is 5.82 Å². The summed E-state index contributed by atoms with van der Waals surface area (Å²) in [7, 11) is 0. The zero-order chi connectivity index (χ0) is 11.4. The first-order chi connectivity index (χ1) is 7.75. The predicted octanol–water partition coefficient (Wildman–Crippen LogP) is 2.94. The van der Waals surface area contributed by atoms with Gasteiger partial charge in [0.05, 0.1) is 0 Å². The Morgan fingerprint density at radius 1 is 1.12 bits per heavy atom. The summed E-state index contributed by atoms with van der Waals surface area (Å²) in [4.78, 5) is 15.9. The second-order valence-electron chi connectivity index (χ2n) is 3.18. The van der Waals surface area contributed by atoms with Gasteiger partial charge in [-0.1, -0.05) is 18.2 Å². The lowest BCUT2D eigenvalue weighted by Crippen LogP contribution is -2.12. The number of carbonyl (C=O) groups is 1. The van der Waals surface area contributed by atoms with Crippen LogP contribution in [0.25, 0.3) is 0 Å².